The van der Waals surface area contributed by atoms with Crippen LogP contribution in [0.15, 0.2) is 59.4 Å². The van der Waals surface area contributed by atoms with Crippen LogP contribution in [0.3, 0.4) is 0 Å². The Morgan fingerprint density at radius 2 is 2.08 bits per heavy atom. The second-order valence-electron chi connectivity index (χ2n) is 5.41. The van der Waals surface area contributed by atoms with Gasteiger partial charge in [0.1, 0.15) is 12.4 Å². The molecule has 0 saturated carbocycles. The average Bonchev–Trinajstić information content (AvgIpc) is 3.13. The standard InChI is InChI=1S/C19H18N2O2S/c1-14-5-2-3-6-16(14)10-20-19(22)15-7-4-8-18(9-15)23-11-17-12-24-13-21-17/h2-9,12-13H,10-11H2,1H3,(H,20,22). The number of thiazole rings is 1. The maximum atomic E-state index is 12.3. The van der Waals surface area contributed by atoms with Crippen LogP contribution in [0.5, 0.6) is 5.75 Å². The highest BCUT2D eigenvalue weighted by Crippen LogP contribution is 2.16. The van der Waals surface area contributed by atoms with E-state index >= 15 is 0 Å². The molecule has 3 aromatic rings. The summed E-state index contributed by atoms with van der Waals surface area (Å²) in [7, 11) is 0. The molecule has 24 heavy (non-hydrogen) atoms. The fraction of sp³-hybridized carbons (Fsp3) is 0.158. The fourth-order valence-corrected chi connectivity index (χ4v) is 2.82. The summed E-state index contributed by atoms with van der Waals surface area (Å²) in [5, 5.41) is 4.89. The molecule has 1 amide bonds. The molecule has 0 spiro atoms. The molecule has 5 heteroatoms. The van der Waals surface area contributed by atoms with Gasteiger partial charge in [-0.15, -0.1) is 11.3 Å². The Kier molecular flexibility index (Phi) is 5.23. The highest BCUT2D eigenvalue weighted by Gasteiger charge is 2.08. The first-order valence-corrected chi connectivity index (χ1v) is 8.59. The second-order valence-corrected chi connectivity index (χ2v) is 6.12. The summed E-state index contributed by atoms with van der Waals surface area (Å²) < 4.78 is 5.69. The smallest absolute Gasteiger partial charge is 0.251 e. The van der Waals surface area contributed by atoms with Gasteiger partial charge in [-0.05, 0) is 36.2 Å². The monoisotopic (exact) mass is 338 g/mol. The Hall–Kier alpha value is -2.66. The number of nitrogens with one attached hydrogen (secondary N) is 1. The van der Waals surface area contributed by atoms with E-state index in [9.17, 15) is 4.79 Å². The van der Waals surface area contributed by atoms with Crippen LogP contribution in [0, 0.1) is 6.92 Å². The van der Waals surface area contributed by atoms with Gasteiger partial charge in [0.05, 0.1) is 11.2 Å². The minimum atomic E-state index is -0.114. The molecule has 0 unspecified atom stereocenters. The lowest BCUT2D eigenvalue weighted by atomic mass is 10.1. The molecular formula is C19H18N2O2S. The summed E-state index contributed by atoms with van der Waals surface area (Å²) in [6.07, 6.45) is 0. The first kappa shape index (κ1) is 16.2. The summed E-state index contributed by atoms with van der Waals surface area (Å²) in [5.74, 6) is 0.545. The zero-order valence-corrected chi connectivity index (χ0v) is 14.2. The van der Waals surface area contributed by atoms with Crippen molar-refractivity contribution in [2.45, 2.75) is 20.1 Å². The lowest BCUT2D eigenvalue weighted by Gasteiger charge is -2.09. The number of ether oxygens (including phenoxy) is 1. The Morgan fingerprint density at radius 1 is 1.21 bits per heavy atom. The van der Waals surface area contributed by atoms with Gasteiger partial charge in [-0.25, -0.2) is 4.98 Å². The van der Waals surface area contributed by atoms with Crippen molar-refractivity contribution < 1.29 is 9.53 Å². The van der Waals surface area contributed by atoms with Gasteiger partial charge in [0.15, 0.2) is 0 Å². The van der Waals surface area contributed by atoms with Crippen molar-refractivity contribution in [3.05, 3.63) is 81.8 Å². The van der Waals surface area contributed by atoms with E-state index in [1.54, 1.807) is 17.6 Å². The van der Waals surface area contributed by atoms with Crippen LogP contribution in [-0.4, -0.2) is 10.9 Å². The quantitative estimate of drug-likeness (QED) is 0.740. The Morgan fingerprint density at radius 3 is 2.88 bits per heavy atom. The van der Waals surface area contributed by atoms with Crippen molar-refractivity contribution in [2.75, 3.05) is 0 Å². The maximum absolute atomic E-state index is 12.3. The first-order chi connectivity index (χ1) is 11.7. The van der Waals surface area contributed by atoms with E-state index in [0.717, 1.165) is 16.8 Å². The van der Waals surface area contributed by atoms with Crippen LogP contribution >= 0.6 is 11.3 Å². The van der Waals surface area contributed by atoms with Crippen molar-refractivity contribution in [3.63, 3.8) is 0 Å². The van der Waals surface area contributed by atoms with E-state index in [2.05, 4.69) is 10.3 Å². The SMILES string of the molecule is Cc1ccccc1CNC(=O)c1cccc(OCc2cscn2)c1. The van der Waals surface area contributed by atoms with E-state index in [4.69, 9.17) is 4.74 Å². The highest BCUT2D eigenvalue weighted by atomic mass is 32.1. The molecule has 0 aliphatic rings. The van der Waals surface area contributed by atoms with E-state index in [1.165, 1.54) is 11.3 Å². The summed E-state index contributed by atoms with van der Waals surface area (Å²) in [6.45, 7) is 2.95. The lowest BCUT2D eigenvalue weighted by molar-refractivity contribution is 0.0950. The number of aryl methyl sites for hydroxylation is 1. The third-order valence-electron chi connectivity index (χ3n) is 3.67. The topological polar surface area (TPSA) is 51.2 Å². The van der Waals surface area contributed by atoms with Crippen LogP contribution in [0.2, 0.25) is 0 Å². The van der Waals surface area contributed by atoms with Gasteiger partial charge in [0.25, 0.3) is 5.91 Å². The molecule has 2 aromatic carbocycles. The minimum Gasteiger partial charge on any atom is -0.487 e. The molecule has 0 aliphatic carbocycles. The Balaban J connectivity index is 1.60. The molecule has 0 radical (unpaired) electrons. The second kappa shape index (κ2) is 7.75. The zero-order chi connectivity index (χ0) is 16.8. The van der Waals surface area contributed by atoms with E-state index in [-0.39, 0.29) is 5.91 Å². The summed E-state index contributed by atoms with van der Waals surface area (Å²) in [5.41, 5.74) is 5.52. The molecule has 0 fully saturated rings. The van der Waals surface area contributed by atoms with Gasteiger partial charge in [-0.3, -0.25) is 4.79 Å². The molecule has 0 bridgehead atoms. The summed E-state index contributed by atoms with van der Waals surface area (Å²) in [4.78, 5) is 16.5. The van der Waals surface area contributed by atoms with E-state index < -0.39 is 0 Å². The molecule has 0 atom stereocenters. The minimum absolute atomic E-state index is 0.114. The Labute approximate surface area is 145 Å². The average molecular weight is 338 g/mol. The number of hydrogen-bond acceptors (Lipinski definition) is 4. The normalized spacial score (nSPS) is 10.4. The number of carbonyl (C=O) groups is 1. The van der Waals surface area contributed by atoms with Crippen LogP contribution in [0.4, 0.5) is 0 Å². The van der Waals surface area contributed by atoms with Crippen molar-refractivity contribution >= 4 is 17.2 Å². The van der Waals surface area contributed by atoms with Crippen LogP contribution < -0.4 is 10.1 Å². The third-order valence-corrected chi connectivity index (χ3v) is 4.30. The zero-order valence-electron chi connectivity index (χ0n) is 13.4. The molecule has 1 heterocycles. The van der Waals surface area contributed by atoms with Crippen molar-refractivity contribution in [3.8, 4) is 5.75 Å². The predicted molar refractivity (Wildman–Crippen MR) is 95.2 cm³/mol. The molecule has 0 saturated heterocycles. The fourth-order valence-electron chi connectivity index (χ4n) is 2.28. The number of hydrogen-bond donors (Lipinski definition) is 1. The number of amides is 1. The lowest BCUT2D eigenvalue weighted by Crippen LogP contribution is -2.23. The van der Waals surface area contributed by atoms with Crippen molar-refractivity contribution in [2.24, 2.45) is 0 Å². The molecule has 122 valence electrons. The van der Waals surface area contributed by atoms with Gasteiger partial charge in [-0.2, -0.15) is 0 Å². The summed E-state index contributed by atoms with van der Waals surface area (Å²) in [6, 6.07) is 15.2. The molecule has 4 nitrogen and oxygen atoms in total. The van der Waals surface area contributed by atoms with Crippen LogP contribution in [0.1, 0.15) is 27.2 Å². The van der Waals surface area contributed by atoms with E-state index in [1.807, 2.05) is 48.7 Å². The van der Waals surface area contributed by atoms with Gasteiger partial charge in [0.2, 0.25) is 0 Å². The largest absolute Gasteiger partial charge is 0.487 e. The molecular weight excluding hydrogens is 320 g/mol. The van der Waals surface area contributed by atoms with Gasteiger partial charge in [0, 0.05) is 17.5 Å². The Bertz CT molecular complexity index is 816. The molecule has 0 aliphatic heterocycles. The van der Waals surface area contributed by atoms with Crippen LogP contribution in [0.25, 0.3) is 0 Å². The van der Waals surface area contributed by atoms with Gasteiger partial charge >= 0.3 is 0 Å². The highest BCUT2D eigenvalue weighted by molar-refractivity contribution is 7.07. The van der Waals surface area contributed by atoms with Gasteiger partial charge < -0.3 is 10.1 Å². The van der Waals surface area contributed by atoms with Crippen molar-refractivity contribution in [1.82, 2.24) is 10.3 Å². The number of benzene rings is 2. The van der Waals surface area contributed by atoms with Crippen LogP contribution in [-0.2, 0) is 13.2 Å². The number of nitrogens with zero attached hydrogens (tertiary/aromatic N) is 1. The maximum Gasteiger partial charge on any atom is 0.251 e. The number of aromatic nitrogens is 1. The van der Waals surface area contributed by atoms with Gasteiger partial charge in [-0.1, -0.05) is 30.3 Å². The molecule has 3 rings (SSSR count). The predicted octanol–water partition coefficient (Wildman–Crippen LogP) is 3.96. The number of rotatable bonds is 6. The molecule has 1 N–H and O–H groups in total. The number of carbonyl (C=O) groups excluding carboxylic acids is 1. The first-order valence-electron chi connectivity index (χ1n) is 7.65. The van der Waals surface area contributed by atoms with Crippen molar-refractivity contribution in [1.29, 1.82) is 0 Å². The summed E-state index contributed by atoms with van der Waals surface area (Å²) >= 11 is 1.53. The third kappa shape index (κ3) is 4.20. The molecule has 1 aromatic heterocycles. The van der Waals surface area contributed by atoms with E-state index in [0.29, 0.717) is 24.5 Å².